The fourth-order valence-electron chi connectivity index (χ4n) is 3.75. The maximum atomic E-state index is 13.3. The summed E-state index contributed by atoms with van der Waals surface area (Å²) in [5.41, 5.74) is 1.71. The highest BCUT2D eigenvalue weighted by Gasteiger charge is 2.29. The van der Waals surface area contributed by atoms with Crippen molar-refractivity contribution < 1.29 is 13.6 Å². The van der Waals surface area contributed by atoms with E-state index >= 15 is 0 Å². The second-order valence-corrected chi connectivity index (χ2v) is 7.26. The highest BCUT2D eigenvalue weighted by Crippen LogP contribution is 2.24. The van der Waals surface area contributed by atoms with Crippen LogP contribution in [0.3, 0.4) is 0 Å². The van der Waals surface area contributed by atoms with Crippen molar-refractivity contribution >= 4 is 16.9 Å². The molecule has 27 heavy (non-hydrogen) atoms. The van der Waals surface area contributed by atoms with Gasteiger partial charge in [0, 0.05) is 44.0 Å². The molecule has 2 aromatic heterocycles. The van der Waals surface area contributed by atoms with Crippen LogP contribution in [0.25, 0.3) is 11.0 Å². The van der Waals surface area contributed by atoms with Gasteiger partial charge in [0.25, 0.3) is 5.91 Å². The zero-order valence-corrected chi connectivity index (χ0v) is 15.3. The number of carbonyl (C=O) groups is 1. The van der Waals surface area contributed by atoms with E-state index in [-0.39, 0.29) is 17.5 Å². The standard InChI is InChI=1S/C21H22FN3O2/c1-24(12-15-3-2-7-23-11-15)13-16-6-8-25(14-16)21(26)20-10-17-9-18(22)4-5-19(17)27-20/h2-5,7,9-11,16H,6,8,12-14H2,1H3. The van der Waals surface area contributed by atoms with E-state index < -0.39 is 0 Å². The zero-order chi connectivity index (χ0) is 18.8. The molecule has 1 unspecified atom stereocenters. The molecule has 1 aromatic carbocycles. The molecule has 1 aliphatic heterocycles. The molecular weight excluding hydrogens is 345 g/mol. The van der Waals surface area contributed by atoms with Gasteiger partial charge in [0.1, 0.15) is 11.4 Å². The topological polar surface area (TPSA) is 49.6 Å². The molecule has 1 saturated heterocycles. The van der Waals surface area contributed by atoms with E-state index in [1.165, 1.54) is 17.7 Å². The van der Waals surface area contributed by atoms with E-state index in [2.05, 4.69) is 23.0 Å². The van der Waals surface area contributed by atoms with Crippen LogP contribution in [0.2, 0.25) is 0 Å². The van der Waals surface area contributed by atoms with Crippen molar-refractivity contribution in [2.75, 3.05) is 26.7 Å². The van der Waals surface area contributed by atoms with Crippen LogP contribution in [0.5, 0.6) is 0 Å². The van der Waals surface area contributed by atoms with E-state index in [0.717, 1.165) is 26.1 Å². The lowest BCUT2D eigenvalue weighted by Crippen LogP contribution is -2.31. The van der Waals surface area contributed by atoms with E-state index in [1.807, 2.05) is 17.2 Å². The molecule has 0 bridgehead atoms. The second kappa shape index (κ2) is 7.48. The van der Waals surface area contributed by atoms with Gasteiger partial charge in [0.2, 0.25) is 0 Å². The third-order valence-corrected chi connectivity index (χ3v) is 5.01. The highest BCUT2D eigenvalue weighted by atomic mass is 19.1. The van der Waals surface area contributed by atoms with Gasteiger partial charge in [-0.1, -0.05) is 6.07 Å². The molecule has 140 valence electrons. The number of carbonyl (C=O) groups excluding carboxylic acids is 1. The van der Waals surface area contributed by atoms with Gasteiger partial charge in [-0.15, -0.1) is 0 Å². The molecule has 0 spiro atoms. The van der Waals surface area contributed by atoms with Crippen LogP contribution in [-0.2, 0) is 6.54 Å². The van der Waals surface area contributed by atoms with E-state index in [1.54, 1.807) is 18.3 Å². The molecule has 5 nitrogen and oxygen atoms in total. The Bertz CT molecular complexity index is 941. The number of pyridine rings is 1. The Morgan fingerprint density at radius 3 is 3.07 bits per heavy atom. The number of likely N-dealkylation sites (tertiary alicyclic amines) is 1. The Hall–Kier alpha value is -2.73. The predicted molar refractivity (Wildman–Crippen MR) is 101 cm³/mol. The quantitative estimate of drug-likeness (QED) is 0.692. The van der Waals surface area contributed by atoms with Crippen LogP contribution in [0.15, 0.2) is 53.2 Å². The van der Waals surface area contributed by atoms with Crippen LogP contribution in [-0.4, -0.2) is 47.4 Å². The lowest BCUT2D eigenvalue weighted by molar-refractivity contribution is 0.0755. The number of furan rings is 1. The normalized spacial score (nSPS) is 17.1. The monoisotopic (exact) mass is 367 g/mol. The summed E-state index contributed by atoms with van der Waals surface area (Å²) in [6, 6.07) is 9.92. The Labute approximate surface area is 157 Å². The summed E-state index contributed by atoms with van der Waals surface area (Å²) in [6.45, 7) is 3.19. The first kappa shape index (κ1) is 17.7. The molecule has 1 atom stereocenters. The summed E-state index contributed by atoms with van der Waals surface area (Å²) >= 11 is 0. The summed E-state index contributed by atoms with van der Waals surface area (Å²) < 4.78 is 18.9. The van der Waals surface area contributed by atoms with Gasteiger partial charge in [0.15, 0.2) is 5.76 Å². The van der Waals surface area contributed by atoms with Gasteiger partial charge < -0.3 is 14.2 Å². The fourth-order valence-corrected chi connectivity index (χ4v) is 3.75. The van der Waals surface area contributed by atoms with Gasteiger partial charge >= 0.3 is 0 Å². The first-order valence-corrected chi connectivity index (χ1v) is 9.14. The maximum Gasteiger partial charge on any atom is 0.289 e. The molecule has 3 heterocycles. The molecule has 1 amide bonds. The van der Waals surface area contributed by atoms with Crippen LogP contribution in [0.4, 0.5) is 4.39 Å². The van der Waals surface area contributed by atoms with Gasteiger partial charge in [-0.2, -0.15) is 0 Å². The van der Waals surface area contributed by atoms with Crippen molar-refractivity contribution in [3.63, 3.8) is 0 Å². The number of hydrogen-bond acceptors (Lipinski definition) is 4. The molecule has 1 aliphatic rings. The average Bonchev–Trinajstić information content (AvgIpc) is 3.28. The molecule has 0 saturated carbocycles. The largest absolute Gasteiger partial charge is 0.451 e. The third-order valence-electron chi connectivity index (χ3n) is 5.01. The van der Waals surface area contributed by atoms with Gasteiger partial charge in [-0.3, -0.25) is 9.78 Å². The number of fused-ring (bicyclic) bond motifs is 1. The van der Waals surface area contributed by atoms with Crippen molar-refractivity contribution in [3.05, 3.63) is 65.9 Å². The molecule has 6 heteroatoms. The zero-order valence-electron chi connectivity index (χ0n) is 15.3. The number of amides is 1. The van der Waals surface area contributed by atoms with Crippen LogP contribution < -0.4 is 0 Å². The minimum atomic E-state index is -0.333. The Morgan fingerprint density at radius 2 is 2.26 bits per heavy atom. The Morgan fingerprint density at radius 1 is 1.37 bits per heavy atom. The van der Waals surface area contributed by atoms with E-state index in [9.17, 15) is 9.18 Å². The number of nitrogens with zero attached hydrogens (tertiary/aromatic N) is 3. The molecular formula is C21H22FN3O2. The molecule has 0 radical (unpaired) electrons. The predicted octanol–water partition coefficient (Wildman–Crippen LogP) is 3.56. The van der Waals surface area contributed by atoms with Crippen molar-refractivity contribution in [2.24, 2.45) is 5.92 Å². The summed E-state index contributed by atoms with van der Waals surface area (Å²) in [7, 11) is 2.09. The molecule has 1 fully saturated rings. The summed E-state index contributed by atoms with van der Waals surface area (Å²) in [6.07, 6.45) is 4.62. The molecule has 4 rings (SSSR count). The van der Waals surface area contributed by atoms with Crippen molar-refractivity contribution in [3.8, 4) is 0 Å². The van der Waals surface area contributed by atoms with E-state index in [4.69, 9.17) is 4.42 Å². The SMILES string of the molecule is CN(Cc1cccnc1)CC1CCN(C(=O)c2cc3cc(F)ccc3o2)C1. The van der Waals surface area contributed by atoms with Crippen molar-refractivity contribution in [2.45, 2.75) is 13.0 Å². The van der Waals surface area contributed by atoms with Crippen LogP contribution in [0, 0.1) is 11.7 Å². The Kier molecular flexibility index (Phi) is 4.90. The molecule has 0 N–H and O–H groups in total. The summed E-state index contributed by atoms with van der Waals surface area (Å²) in [4.78, 5) is 21.0. The summed E-state index contributed by atoms with van der Waals surface area (Å²) in [5.74, 6) is 0.251. The van der Waals surface area contributed by atoms with Gasteiger partial charge in [0.05, 0.1) is 0 Å². The third kappa shape index (κ3) is 4.01. The number of hydrogen-bond donors (Lipinski definition) is 0. The highest BCUT2D eigenvalue weighted by molar-refractivity contribution is 5.96. The fraction of sp³-hybridized carbons (Fsp3) is 0.333. The van der Waals surface area contributed by atoms with Crippen LogP contribution >= 0.6 is 0 Å². The molecule has 3 aromatic rings. The Balaban J connectivity index is 1.36. The number of aromatic nitrogens is 1. The smallest absolute Gasteiger partial charge is 0.289 e. The molecule has 0 aliphatic carbocycles. The number of rotatable bonds is 5. The lowest BCUT2D eigenvalue weighted by atomic mass is 10.1. The number of benzene rings is 1. The van der Waals surface area contributed by atoms with Crippen molar-refractivity contribution in [1.82, 2.24) is 14.8 Å². The van der Waals surface area contributed by atoms with Gasteiger partial charge in [-0.25, -0.2) is 4.39 Å². The maximum absolute atomic E-state index is 13.3. The van der Waals surface area contributed by atoms with Crippen LogP contribution in [0.1, 0.15) is 22.5 Å². The minimum Gasteiger partial charge on any atom is -0.451 e. The summed E-state index contributed by atoms with van der Waals surface area (Å²) in [5, 5.41) is 0.616. The van der Waals surface area contributed by atoms with Crippen molar-refractivity contribution in [1.29, 1.82) is 0 Å². The minimum absolute atomic E-state index is 0.121. The lowest BCUT2D eigenvalue weighted by Gasteiger charge is -2.21. The van der Waals surface area contributed by atoms with Gasteiger partial charge in [-0.05, 0) is 55.3 Å². The average molecular weight is 367 g/mol. The van der Waals surface area contributed by atoms with E-state index in [0.29, 0.717) is 23.4 Å². The second-order valence-electron chi connectivity index (χ2n) is 7.26. The first-order chi connectivity index (χ1) is 13.1. The first-order valence-electron chi connectivity index (χ1n) is 9.14. The number of halogens is 1.